The Balaban J connectivity index is 2.50. The molecule has 0 saturated heterocycles. The maximum Gasteiger partial charge on any atom is 0.169 e. The van der Waals surface area contributed by atoms with E-state index in [1.807, 2.05) is 0 Å². The van der Waals surface area contributed by atoms with Crippen LogP contribution in [0.15, 0.2) is 9.53 Å². The van der Waals surface area contributed by atoms with Gasteiger partial charge < -0.3 is 0 Å². The maximum absolute atomic E-state index is 5.08. The largest absolute Gasteiger partial charge is 0.240 e. The third-order valence-electron chi connectivity index (χ3n) is 3.57. The lowest BCUT2D eigenvalue weighted by Crippen LogP contribution is -2.44. The van der Waals surface area contributed by atoms with E-state index in [1.54, 1.807) is 5.03 Å². The summed E-state index contributed by atoms with van der Waals surface area (Å²) in [6.45, 7) is 20.6. The van der Waals surface area contributed by atoms with Gasteiger partial charge in [-0.15, -0.1) is 0 Å². The standard InChI is InChI=1S/C16H28N2P2/c1-14(2,3)11-10-12(15(4,5)6)18-20(17-11)13(19-10)16(7,8)9/h10H,1-9H3. The van der Waals surface area contributed by atoms with Crippen molar-refractivity contribution < 1.29 is 0 Å². The highest BCUT2D eigenvalue weighted by Crippen LogP contribution is 2.60. The van der Waals surface area contributed by atoms with Crippen molar-refractivity contribution in [3.63, 3.8) is 0 Å². The second kappa shape index (κ2) is 4.72. The van der Waals surface area contributed by atoms with Crippen LogP contribution >= 0.6 is 16.4 Å². The predicted octanol–water partition coefficient (Wildman–Crippen LogP) is 5.79. The molecule has 0 aliphatic carbocycles. The molecule has 0 spiro atoms. The summed E-state index contributed by atoms with van der Waals surface area (Å²) in [5, 5.41) is 1.54. The molecule has 0 amide bonds. The minimum absolute atomic E-state index is 0.147. The fourth-order valence-electron chi connectivity index (χ4n) is 2.47. The van der Waals surface area contributed by atoms with Crippen molar-refractivity contribution in [3.8, 4) is 0 Å². The molecule has 3 aliphatic heterocycles. The van der Waals surface area contributed by atoms with Crippen molar-refractivity contribution in [3.05, 3.63) is 0 Å². The zero-order valence-corrected chi connectivity index (χ0v) is 16.2. The Morgan fingerprint density at radius 2 is 1.15 bits per heavy atom. The second-order valence-electron chi connectivity index (χ2n) is 8.87. The maximum atomic E-state index is 5.08. The quantitative estimate of drug-likeness (QED) is 0.506. The molecule has 20 heavy (non-hydrogen) atoms. The summed E-state index contributed by atoms with van der Waals surface area (Å²) in [7, 11) is 0.777. The van der Waals surface area contributed by atoms with Gasteiger partial charge in [0.2, 0.25) is 0 Å². The Bertz CT molecular complexity index is 476. The second-order valence-corrected chi connectivity index (χ2v) is 11.9. The van der Waals surface area contributed by atoms with Crippen LogP contribution in [0.5, 0.6) is 0 Å². The molecule has 0 atom stereocenters. The summed E-state index contributed by atoms with van der Waals surface area (Å²) in [5.41, 5.74) is 3.65. The smallest absolute Gasteiger partial charge is 0.169 e. The molecule has 3 rings (SSSR count). The number of hydrogen-bond donors (Lipinski definition) is 0. The van der Waals surface area contributed by atoms with Crippen molar-refractivity contribution in [2.45, 2.75) is 68.0 Å². The first-order valence-corrected chi connectivity index (χ1v) is 9.59. The number of hydrogen-bond acceptors (Lipinski definition) is 2. The Labute approximate surface area is 127 Å². The molecule has 0 aromatic rings. The lowest BCUT2D eigenvalue weighted by molar-refractivity contribution is 0.565. The highest BCUT2D eigenvalue weighted by molar-refractivity contribution is 7.85. The van der Waals surface area contributed by atoms with Crippen LogP contribution in [0.25, 0.3) is 0 Å². The zero-order valence-electron chi connectivity index (χ0n) is 14.4. The molecule has 2 nitrogen and oxygen atoms in total. The van der Waals surface area contributed by atoms with E-state index in [-0.39, 0.29) is 16.2 Å². The first-order valence-electron chi connectivity index (χ1n) is 7.38. The van der Waals surface area contributed by atoms with Crippen LogP contribution in [-0.2, 0) is 0 Å². The SMILES string of the molecule is CC(C)(C)C1=NP2N=C(C(C)(C)C)C1P=C2C(C)(C)C. The van der Waals surface area contributed by atoms with Gasteiger partial charge in [0.25, 0.3) is 0 Å². The van der Waals surface area contributed by atoms with Crippen molar-refractivity contribution >= 4 is 32.9 Å². The molecular weight excluding hydrogens is 282 g/mol. The molecule has 0 aromatic heterocycles. The predicted molar refractivity (Wildman–Crippen MR) is 95.9 cm³/mol. The van der Waals surface area contributed by atoms with Crippen LogP contribution in [0.2, 0.25) is 0 Å². The molecule has 0 fully saturated rings. The number of rotatable bonds is 0. The van der Waals surface area contributed by atoms with Crippen LogP contribution < -0.4 is 0 Å². The molecule has 2 bridgehead atoms. The van der Waals surface area contributed by atoms with E-state index in [0.29, 0.717) is 5.66 Å². The molecule has 112 valence electrons. The van der Waals surface area contributed by atoms with E-state index in [9.17, 15) is 0 Å². The average molecular weight is 310 g/mol. The van der Waals surface area contributed by atoms with Crippen LogP contribution in [0.3, 0.4) is 0 Å². The van der Waals surface area contributed by atoms with Crippen LogP contribution in [0.1, 0.15) is 62.3 Å². The van der Waals surface area contributed by atoms with Gasteiger partial charge in [-0.25, -0.2) is 9.53 Å². The van der Waals surface area contributed by atoms with Gasteiger partial charge in [-0.3, -0.25) is 0 Å². The summed E-state index contributed by atoms with van der Waals surface area (Å²) in [5.74, 6) is 0. The summed E-state index contributed by atoms with van der Waals surface area (Å²) < 4.78 is 10.2. The summed E-state index contributed by atoms with van der Waals surface area (Å²) in [6, 6.07) is 0. The molecule has 3 heterocycles. The minimum Gasteiger partial charge on any atom is -0.240 e. The lowest BCUT2D eigenvalue weighted by atomic mass is 9.80. The van der Waals surface area contributed by atoms with Crippen molar-refractivity contribution in [1.29, 1.82) is 0 Å². The molecule has 0 N–H and O–H groups in total. The number of nitrogens with zero attached hydrogens (tertiary/aromatic N) is 2. The third kappa shape index (κ3) is 2.93. The molecule has 3 aliphatic rings. The topological polar surface area (TPSA) is 24.7 Å². The van der Waals surface area contributed by atoms with Crippen molar-refractivity contribution in [2.24, 2.45) is 25.8 Å². The lowest BCUT2D eigenvalue weighted by Gasteiger charge is -2.43. The van der Waals surface area contributed by atoms with Crippen molar-refractivity contribution in [1.82, 2.24) is 0 Å². The van der Waals surface area contributed by atoms with Gasteiger partial charge in [0.15, 0.2) is 8.22 Å². The Morgan fingerprint density at radius 3 is 1.40 bits per heavy atom. The van der Waals surface area contributed by atoms with Gasteiger partial charge in [-0.05, 0) is 5.41 Å². The van der Waals surface area contributed by atoms with E-state index >= 15 is 0 Å². The Morgan fingerprint density at radius 1 is 0.750 bits per heavy atom. The van der Waals surface area contributed by atoms with E-state index in [4.69, 9.17) is 9.53 Å². The van der Waals surface area contributed by atoms with Crippen molar-refractivity contribution in [2.75, 3.05) is 0 Å². The Hall–Kier alpha value is -0.0600. The zero-order chi connectivity index (χ0) is 15.5. The molecule has 0 unspecified atom stereocenters. The molecular formula is C16H28N2P2. The highest BCUT2D eigenvalue weighted by atomic mass is 31.2. The first kappa shape index (κ1) is 16.3. The van der Waals surface area contributed by atoms with Gasteiger partial charge >= 0.3 is 0 Å². The van der Waals surface area contributed by atoms with E-state index < -0.39 is 8.22 Å². The highest BCUT2D eigenvalue weighted by Gasteiger charge is 2.45. The average Bonchev–Trinajstić information content (AvgIpc) is 2.24. The Kier molecular flexibility index (Phi) is 3.85. The third-order valence-corrected chi connectivity index (χ3v) is 7.98. The van der Waals surface area contributed by atoms with Gasteiger partial charge in [-0.2, -0.15) is 0 Å². The minimum atomic E-state index is -0.682. The molecule has 4 heteroatoms. The van der Waals surface area contributed by atoms with Gasteiger partial charge in [0.1, 0.15) is 0 Å². The van der Waals surface area contributed by atoms with Crippen LogP contribution in [0, 0.1) is 16.2 Å². The molecule has 0 aromatic carbocycles. The molecule has 0 radical (unpaired) electrons. The van der Waals surface area contributed by atoms with Gasteiger partial charge in [0.05, 0.1) is 5.66 Å². The monoisotopic (exact) mass is 310 g/mol. The fourth-order valence-corrected chi connectivity index (χ4v) is 7.52. The van der Waals surface area contributed by atoms with E-state index in [1.165, 1.54) is 19.6 Å². The van der Waals surface area contributed by atoms with Gasteiger partial charge in [0, 0.05) is 27.3 Å². The first-order chi connectivity index (χ1) is 8.82. The summed E-state index contributed by atoms with van der Waals surface area (Å²) in [4.78, 5) is 0. The van der Waals surface area contributed by atoms with Crippen LogP contribution in [-0.4, -0.2) is 22.1 Å². The van der Waals surface area contributed by atoms with E-state index in [0.717, 1.165) is 0 Å². The van der Waals surface area contributed by atoms with Crippen LogP contribution in [0.4, 0.5) is 0 Å². The van der Waals surface area contributed by atoms with E-state index in [2.05, 4.69) is 62.3 Å². The normalized spacial score (nSPS) is 27.9. The summed E-state index contributed by atoms with van der Waals surface area (Å²) in [6.07, 6.45) is 0. The van der Waals surface area contributed by atoms with Gasteiger partial charge in [-0.1, -0.05) is 70.5 Å². The summed E-state index contributed by atoms with van der Waals surface area (Å²) >= 11 is 0. The fraction of sp³-hybridized carbons (Fsp3) is 0.812. The molecule has 0 saturated carbocycles.